The Bertz CT molecular complexity index is 574. The van der Waals surface area contributed by atoms with Crippen molar-refractivity contribution in [2.75, 3.05) is 7.11 Å². The predicted molar refractivity (Wildman–Crippen MR) is 71.1 cm³/mol. The van der Waals surface area contributed by atoms with E-state index >= 15 is 0 Å². The zero-order valence-electron chi connectivity index (χ0n) is 10.9. The number of methoxy groups -OCH3 is 1. The average molecular weight is 261 g/mol. The first kappa shape index (κ1) is 13.5. The molecule has 1 unspecified atom stereocenters. The maximum absolute atomic E-state index is 13.3. The van der Waals surface area contributed by atoms with Crippen molar-refractivity contribution in [1.29, 1.82) is 0 Å². The summed E-state index contributed by atoms with van der Waals surface area (Å²) in [6.07, 6.45) is 2.73. The lowest BCUT2D eigenvalue weighted by atomic mass is 9.98. The van der Waals surface area contributed by atoms with Crippen LogP contribution >= 0.6 is 0 Å². The van der Waals surface area contributed by atoms with Crippen molar-refractivity contribution in [3.05, 3.63) is 59.2 Å². The first-order valence-corrected chi connectivity index (χ1v) is 5.87. The number of rotatable bonds is 4. The predicted octanol–water partition coefficient (Wildman–Crippen LogP) is 2.09. The van der Waals surface area contributed by atoms with E-state index in [0.717, 1.165) is 17.3 Å². The lowest BCUT2D eigenvalue weighted by molar-refractivity contribution is 0.404. The van der Waals surface area contributed by atoms with E-state index in [9.17, 15) is 4.39 Å². The average Bonchev–Trinajstić information content (AvgIpc) is 2.41. The van der Waals surface area contributed by atoms with Gasteiger partial charge in [0.15, 0.2) is 0 Å². The van der Waals surface area contributed by atoms with Crippen LogP contribution in [0.3, 0.4) is 0 Å². The summed E-state index contributed by atoms with van der Waals surface area (Å²) >= 11 is 0. The Morgan fingerprint density at radius 3 is 2.74 bits per heavy atom. The van der Waals surface area contributed by atoms with Crippen LogP contribution in [0.15, 0.2) is 36.7 Å². The summed E-state index contributed by atoms with van der Waals surface area (Å²) in [5, 5.41) is 0. The third kappa shape index (κ3) is 2.89. The van der Waals surface area contributed by atoms with Crippen LogP contribution in [-0.2, 0) is 0 Å². The second-order valence-corrected chi connectivity index (χ2v) is 4.28. The van der Waals surface area contributed by atoms with Gasteiger partial charge >= 0.3 is 0 Å². The van der Waals surface area contributed by atoms with Gasteiger partial charge < -0.3 is 4.74 Å². The molecule has 1 atom stereocenters. The molecule has 0 radical (unpaired) electrons. The maximum atomic E-state index is 13.3. The molecule has 1 aromatic carbocycles. The highest BCUT2D eigenvalue weighted by Gasteiger charge is 2.17. The number of nitrogens with two attached hydrogens (primary N) is 1. The number of nitrogens with one attached hydrogen (secondary N) is 1. The Labute approximate surface area is 111 Å². The van der Waals surface area contributed by atoms with Crippen LogP contribution in [0.5, 0.6) is 5.75 Å². The fourth-order valence-electron chi connectivity index (χ4n) is 2.01. The monoisotopic (exact) mass is 261 g/mol. The Morgan fingerprint density at radius 2 is 2.11 bits per heavy atom. The van der Waals surface area contributed by atoms with Crippen LogP contribution in [0, 0.1) is 12.7 Å². The molecule has 0 amide bonds. The standard InChI is InChI=1S/C14H16FN3O/c1-9-3-4-12(13(5-9)19-2)14(18-16)10-6-11(15)8-17-7-10/h3-8,14,18H,16H2,1-2H3. The molecule has 1 heterocycles. The Balaban J connectivity index is 2.48. The number of aromatic nitrogens is 1. The highest BCUT2D eigenvalue weighted by Crippen LogP contribution is 2.30. The fourth-order valence-corrected chi connectivity index (χ4v) is 2.01. The topological polar surface area (TPSA) is 60.2 Å². The molecule has 2 rings (SSSR count). The minimum atomic E-state index is -0.399. The molecule has 19 heavy (non-hydrogen) atoms. The fraction of sp³-hybridized carbons (Fsp3) is 0.214. The Kier molecular flexibility index (Phi) is 4.09. The first-order chi connectivity index (χ1) is 9.15. The van der Waals surface area contributed by atoms with Crippen molar-refractivity contribution in [1.82, 2.24) is 10.4 Å². The smallest absolute Gasteiger partial charge is 0.141 e. The highest BCUT2D eigenvalue weighted by molar-refractivity contribution is 5.43. The number of hydrogen-bond donors (Lipinski definition) is 2. The van der Waals surface area contributed by atoms with Gasteiger partial charge in [0.1, 0.15) is 11.6 Å². The SMILES string of the molecule is COc1cc(C)ccc1C(NN)c1cncc(F)c1. The molecule has 0 fully saturated rings. The van der Waals surface area contributed by atoms with Crippen molar-refractivity contribution in [2.24, 2.45) is 5.84 Å². The van der Waals surface area contributed by atoms with Crippen LogP contribution in [0.1, 0.15) is 22.7 Å². The van der Waals surface area contributed by atoms with Crippen molar-refractivity contribution < 1.29 is 9.13 Å². The number of benzene rings is 1. The molecule has 0 aliphatic heterocycles. The summed E-state index contributed by atoms with van der Waals surface area (Å²) in [6, 6.07) is 6.79. The summed E-state index contributed by atoms with van der Waals surface area (Å²) < 4.78 is 18.6. The normalized spacial score (nSPS) is 12.2. The summed E-state index contributed by atoms with van der Waals surface area (Å²) in [6.45, 7) is 1.97. The van der Waals surface area contributed by atoms with Gasteiger partial charge in [0, 0.05) is 11.8 Å². The van der Waals surface area contributed by atoms with Gasteiger partial charge in [-0.15, -0.1) is 0 Å². The molecule has 100 valence electrons. The van der Waals surface area contributed by atoms with Crippen molar-refractivity contribution in [3.8, 4) is 5.75 Å². The molecule has 3 N–H and O–H groups in total. The second kappa shape index (κ2) is 5.77. The number of pyridine rings is 1. The van der Waals surface area contributed by atoms with Gasteiger partial charge in [-0.2, -0.15) is 0 Å². The number of ether oxygens (including phenoxy) is 1. The molecular formula is C14H16FN3O. The van der Waals surface area contributed by atoms with Crippen LogP contribution in [0.25, 0.3) is 0 Å². The number of halogens is 1. The van der Waals surface area contributed by atoms with E-state index in [1.807, 2.05) is 25.1 Å². The van der Waals surface area contributed by atoms with Gasteiger partial charge in [-0.3, -0.25) is 10.8 Å². The van der Waals surface area contributed by atoms with Crippen LogP contribution in [-0.4, -0.2) is 12.1 Å². The van der Waals surface area contributed by atoms with Crippen LogP contribution in [0.2, 0.25) is 0 Å². The van der Waals surface area contributed by atoms with Gasteiger partial charge in [0.2, 0.25) is 0 Å². The number of nitrogens with zero attached hydrogens (tertiary/aromatic N) is 1. The second-order valence-electron chi connectivity index (χ2n) is 4.28. The van der Waals surface area contributed by atoms with Crippen LogP contribution in [0.4, 0.5) is 4.39 Å². The third-order valence-electron chi connectivity index (χ3n) is 2.93. The summed E-state index contributed by atoms with van der Waals surface area (Å²) in [5.74, 6) is 5.89. The summed E-state index contributed by atoms with van der Waals surface area (Å²) in [5.41, 5.74) is 5.23. The van der Waals surface area contributed by atoms with Crippen molar-refractivity contribution in [2.45, 2.75) is 13.0 Å². The molecule has 0 aliphatic carbocycles. The minimum Gasteiger partial charge on any atom is -0.496 e. The van der Waals surface area contributed by atoms with Gasteiger partial charge in [0.05, 0.1) is 19.3 Å². The number of hydrogen-bond acceptors (Lipinski definition) is 4. The largest absolute Gasteiger partial charge is 0.496 e. The lowest BCUT2D eigenvalue weighted by Gasteiger charge is -2.19. The molecule has 4 nitrogen and oxygen atoms in total. The third-order valence-corrected chi connectivity index (χ3v) is 2.93. The molecule has 0 bridgehead atoms. The summed E-state index contributed by atoms with van der Waals surface area (Å²) in [7, 11) is 1.59. The number of aryl methyl sites for hydroxylation is 1. The number of hydrazine groups is 1. The van der Waals surface area contributed by atoms with E-state index in [2.05, 4.69) is 10.4 Å². The van der Waals surface area contributed by atoms with Gasteiger partial charge in [-0.1, -0.05) is 12.1 Å². The molecule has 0 aliphatic rings. The molecule has 5 heteroatoms. The zero-order chi connectivity index (χ0) is 13.8. The van der Waals surface area contributed by atoms with E-state index in [4.69, 9.17) is 10.6 Å². The highest BCUT2D eigenvalue weighted by atomic mass is 19.1. The molecule has 1 aromatic heterocycles. The Hall–Kier alpha value is -1.98. The van der Waals surface area contributed by atoms with Crippen molar-refractivity contribution in [3.63, 3.8) is 0 Å². The summed E-state index contributed by atoms with van der Waals surface area (Å²) in [4.78, 5) is 3.84. The Morgan fingerprint density at radius 1 is 1.32 bits per heavy atom. The maximum Gasteiger partial charge on any atom is 0.141 e. The first-order valence-electron chi connectivity index (χ1n) is 5.87. The quantitative estimate of drug-likeness (QED) is 0.653. The minimum absolute atomic E-state index is 0.376. The van der Waals surface area contributed by atoms with Gasteiger partial charge in [0.25, 0.3) is 0 Å². The van der Waals surface area contributed by atoms with Gasteiger partial charge in [-0.25, -0.2) is 9.82 Å². The molecule has 0 saturated carbocycles. The molecule has 0 spiro atoms. The lowest BCUT2D eigenvalue weighted by Crippen LogP contribution is -2.29. The van der Waals surface area contributed by atoms with E-state index in [1.54, 1.807) is 13.3 Å². The zero-order valence-corrected chi connectivity index (χ0v) is 10.9. The van der Waals surface area contributed by atoms with Crippen molar-refractivity contribution >= 4 is 0 Å². The van der Waals surface area contributed by atoms with E-state index in [1.165, 1.54) is 6.07 Å². The van der Waals surface area contributed by atoms with Crippen LogP contribution < -0.4 is 16.0 Å². The van der Waals surface area contributed by atoms with Gasteiger partial charge in [-0.05, 0) is 30.2 Å². The van der Waals surface area contributed by atoms with E-state index in [0.29, 0.717) is 11.3 Å². The molecule has 2 aromatic rings. The van der Waals surface area contributed by atoms with E-state index < -0.39 is 5.82 Å². The van der Waals surface area contributed by atoms with E-state index in [-0.39, 0.29) is 6.04 Å². The molecule has 0 saturated heterocycles. The molecular weight excluding hydrogens is 245 g/mol.